The van der Waals surface area contributed by atoms with Crippen LogP contribution in [0, 0.1) is 11.8 Å². The van der Waals surface area contributed by atoms with Gasteiger partial charge in [-0.3, -0.25) is 4.79 Å². The summed E-state index contributed by atoms with van der Waals surface area (Å²) in [7, 11) is 0. The molecule has 2 aliphatic carbocycles. The van der Waals surface area contributed by atoms with Gasteiger partial charge < -0.3 is 9.47 Å². The van der Waals surface area contributed by atoms with Crippen molar-refractivity contribution in [3.8, 4) is 0 Å². The van der Waals surface area contributed by atoms with E-state index in [4.69, 9.17) is 9.47 Å². The Labute approximate surface area is 160 Å². The van der Waals surface area contributed by atoms with Crippen LogP contribution in [0.25, 0.3) is 0 Å². The molecule has 4 unspecified atom stereocenters. The Hall–Kier alpha value is 0.290. The Balaban J connectivity index is 1.22. The standard InChI is InChI=1S/C20H32O3S2/c1-19(2,14-8-9-20(3)17(10-14)24-20)25-18(21)13-4-6-15(7-5-13)22-11-16-12-23-16/h13-17H,4-12H2,1-3H3. The van der Waals surface area contributed by atoms with Gasteiger partial charge in [-0.1, -0.05) is 11.8 Å². The van der Waals surface area contributed by atoms with Crippen LogP contribution >= 0.6 is 23.5 Å². The first-order valence-corrected chi connectivity index (χ1v) is 11.7. The minimum absolute atomic E-state index is 0.0816. The molecule has 142 valence electrons. The maximum absolute atomic E-state index is 12.9. The SMILES string of the molecule is CC(C)(SC(=O)C1CCC(OCC2CO2)CC1)C1CCC2(C)SC2C1. The summed E-state index contributed by atoms with van der Waals surface area (Å²) < 4.78 is 11.8. The van der Waals surface area contributed by atoms with E-state index in [0.717, 1.165) is 44.1 Å². The average Bonchev–Trinajstić information content (AvgIpc) is 3.47. The lowest BCUT2D eigenvalue weighted by Gasteiger charge is -2.38. The van der Waals surface area contributed by atoms with Crippen molar-refractivity contribution < 1.29 is 14.3 Å². The van der Waals surface area contributed by atoms with Crippen LogP contribution in [-0.4, -0.2) is 45.3 Å². The zero-order chi connectivity index (χ0) is 17.7. The van der Waals surface area contributed by atoms with Gasteiger partial charge in [0.2, 0.25) is 0 Å². The van der Waals surface area contributed by atoms with Crippen LogP contribution in [0.5, 0.6) is 0 Å². The minimum Gasteiger partial charge on any atom is -0.375 e. The highest BCUT2D eigenvalue weighted by atomic mass is 32.2. The molecule has 0 aromatic heterocycles. The molecule has 4 atom stereocenters. The molecule has 2 saturated heterocycles. The number of thioether (sulfide) groups is 2. The Bertz CT molecular complexity index is 511. The summed E-state index contributed by atoms with van der Waals surface area (Å²) >= 11 is 3.82. The highest BCUT2D eigenvalue weighted by molar-refractivity contribution is 8.14. The summed E-state index contributed by atoms with van der Waals surface area (Å²) in [4.78, 5) is 12.9. The van der Waals surface area contributed by atoms with E-state index in [0.29, 0.717) is 28.0 Å². The molecule has 4 fully saturated rings. The highest BCUT2D eigenvalue weighted by Gasteiger charge is 2.56. The molecule has 2 saturated carbocycles. The molecule has 0 amide bonds. The number of hydrogen-bond donors (Lipinski definition) is 0. The molecular formula is C20H32O3S2. The van der Waals surface area contributed by atoms with Gasteiger partial charge >= 0.3 is 0 Å². The lowest BCUT2D eigenvalue weighted by atomic mass is 9.77. The van der Waals surface area contributed by atoms with Gasteiger partial charge in [-0.25, -0.2) is 0 Å². The molecule has 4 rings (SSSR count). The third-order valence-corrected chi connectivity index (χ3v) is 9.96. The van der Waals surface area contributed by atoms with Crippen molar-refractivity contribution in [2.24, 2.45) is 11.8 Å². The Kier molecular flexibility index (Phi) is 5.24. The Morgan fingerprint density at radius 3 is 2.64 bits per heavy atom. The smallest absolute Gasteiger partial charge is 0.192 e. The van der Waals surface area contributed by atoms with Gasteiger partial charge in [0.1, 0.15) is 6.10 Å². The first-order chi connectivity index (χ1) is 11.9. The van der Waals surface area contributed by atoms with E-state index in [1.54, 1.807) is 11.8 Å². The fourth-order valence-electron chi connectivity index (χ4n) is 4.58. The topological polar surface area (TPSA) is 38.8 Å². The highest BCUT2D eigenvalue weighted by Crippen LogP contribution is 2.64. The van der Waals surface area contributed by atoms with Gasteiger partial charge in [-0.05, 0) is 71.6 Å². The van der Waals surface area contributed by atoms with E-state index < -0.39 is 0 Å². The van der Waals surface area contributed by atoms with E-state index in [1.807, 2.05) is 0 Å². The molecule has 0 N–H and O–H groups in total. The van der Waals surface area contributed by atoms with E-state index >= 15 is 0 Å². The average molecular weight is 385 g/mol. The number of carbonyl (C=O) groups is 1. The van der Waals surface area contributed by atoms with Crippen LogP contribution in [0.4, 0.5) is 0 Å². The third-order valence-electron chi connectivity index (χ3n) is 6.80. The molecule has 25 heavy (non-hydrogen) atoms. The molecule has 0 spiro atoms. The van der Waals surface area contributed by atoms with Crippen molar-refractivity contribution in [2.75, 3.05) is 13.2 Å². The molecule has 0 aromatic rings. The molecule has 0 aromatic carbocycles. The summed E-state index contributed by atoms with van der Waals surface area (Å²) in [5, 5.41) is 1.29. The van der Waals surface area contributed by atoms with Crippen molar-refractivity contribution in [3.63, 3.8) is 0 Å². The number of carbonyl (C=O) groups excluding carboxylic acids is 1. The maximum Gasteiger partial charge on any atom is 0.192 e. The number of epoxide rings is 1. The van der Waals surface area contributed by atoms with Crippen molar-refractivity contribution >= 4 is 28.6 Å². The van der Waals surface area contributed by atoms with Crippen LogP contribution in [0.1, 0.15) is 65.7 Å². The first kappa shape index (κ1) is 18.6. The summed E-state index contributed by atoms with van der Waals surface area (Å²) in [6.45, 7) is 8.63. The third kappa shape index (κ3) is 4.41. The molecule has 0 bridgehead atoms. The van der Waals surface area contributed by atoms with E-state index in [2.05, 4.69) is 32.5 Å². The van der Waals surface area contributed by atoms with Crippen LogP contribution in [0.15, 0.2) is 0 Å². The second-order valence-corrected chi connectivity index (χ2v) is 12.6. The minimum atomic E-state index is 0.0816. The van der Waals surface area contributed by atoms with Crippen LogP contribution < -0.4 is 0 Å². The van der Waals surface area contributed by atoms with Crippen molar-refractivity contribution in [1.82, 2.24) is 0 Å². The van der Waals surface area contributed by atoms with Crippen molar-refractivity contribution in [2.45, 2.75) is 92.7 Å². The van der Waals surface area contributed by atoms with E-state index in [-0.39, 0.29) is 10.7 Å². The summed E-state index contributed by atoms with van der Waals surface area (Å²) in [5.41, 5.74) is 0. The molecule has 4 aliphatic rings. The molecule has 2 aliphatic heterocycles. The summed E-state index contributed by atoms with van der Waals surface area (Å²) in [5.74, 6) is 0.929. The Morgan fingerprint density at radius 1 is 1.28 bits per heavy atom. The van der Waals surface area contributed by atoms with Crippen LogP contribution in [0.2, 0.25) is 0 Å². The monoisotopic (exact) mass is 384 g/mol. The first-order valence-electron chi connectivity index (χ1n) is 9.99. The molecule has 3 nitrogen and oxygen atoms in total. The number of rotatable bonds is 6. The lowest BCUT2D eigenvalue weighted by Crippen LogP contribution is -2.36. The van der Waals surface area contributed by atoms with Crippen molar-refractivity contribution in [1.29, 1.82) is 0 Å². The van der Waals surface area contributed by atoms with Gasteiger partial charge in [0.15, 0.2) is 5.12 Å². The molecule has 2 heterocycles. The normalized spacial score (nSPS) is 43.4. The summed E-state index contributed by atoms with van der Waals surface area (Å²) in [6.07, 6.45) is 8.67. The predicted molar refractivity (Wildman–Crippen MR) is 105 cm³/mol. The fourth-order valence-corrected chi connectivity index (χ4v) is 7.24. The quantitative estimate of drug-likeness (QED) is 0.622. The van der Waals surface area contributed by atoms with E-state index in [9.17, 15) is 4.79 Å². The van der Waals surface area contributed by atoms with Gasteiger partial charge in [0, 0.05) is 20.7 Å². The lowest BCUT2D eigenvalue weighted by molar-refractivity contribution is -0.116. The van der Waals surface area contributed by atoms with E-state index in [1.165, 1.54) is 19.3 Å². The predicted octanol–water partition coefficient (Wildman–Crippen LogP) is 4.67. The van der Waals surface area contributed by atoms with Gasteiger partial charge in [0.05, 0.1) is 19.3 Å². The molecule has 5 heteroatoms. The zero-order valence-corrected chi connectivity index (χ0v) is 17.4. The van der Waals surface area contributed by atoms with Gasteiger partial charge in [-0.2, -0.15) is 0 Å². The number of fused-ring (bicyclic) bond motifs is 1. The summed E-state index contributed by atoms with van der Waals surface area (Å²) in [6, 6.07) is 0. The van der Waals surface area contributed by atoms with Crippen molar-refractivity contribution in [3.05, 3.63) is 0 Å². The second kappa shape index (κ2) is 7.03. The number of hydrogen-bond acceptors (Lipinski definition) is 5. The number of ether oxygens (including phenoxy) is 2. The fraction of sp³-hybridized carbons (Fsp3) is 0.950. The van der Waals surface area contributed by atoms with Crippen LogP contribution in [-0.2, 0) is 14.3 Å². The second-order valence-electron chi connectivity index (χ2n) is 9.18. The van der Waals surface area contributed by atoms with Gasteiger partial charge in [0.25, 0.3) is 0 Å². The molecular weight excluding hydrogens is 352 g/mol. The Morgan fingerprint density at radius 2 is 2.00 bits per heavy atom. The van der Waals surface area contributed by atoms with Crippen LogP contribution in [0.3, 0.4) is 0 Å². The zero-order valence-electron chi connectivity index (χ0n) is 15.8. The van der Waals surface area contributed by atoms with Gasteiger partial charge in [-0.15, -0.1) is 11.8 Å². The largest absolute Gasteiger partial charge is 0.375 e. The molecule has 0 radical (unpaired) electrons. The maximum atomic E-state index is 12.9.